The van der Waals surface area contributed by atoms with Crippen molar-refractivity contribution in [3.8, 4) is 16.9 Å². The van der Waals surface area contributed by atoms with Crippen molar-refractivity contribution in [3.63, 3.8) is 0 Å². The number of hydrogen-bond donors (Lipinski definition) is 2. The molecule has 1 aliphatic carbocycles. The SMILES string of the molecule is CC(C)(C)Oc1c(F)cc(C[C@H](NC(=O)OCC2c3ccccc3-c3ccccc32)C(=O)O)cc1F. The molecule has 0 aliphatic heterocycles. The number of benzene rings is 3. The van der Waals surface area contributed by atoms with Crippen LogP contribution in [0.1, 0.15) is 43.4 Å². The predicted molar refractivity (Wildman–Crippen MR) is 130 cm³/mol. The molecule has 36 heavy (non-hydrogen) atoms. The normalized spacial score (nSPS) is 13.5. The van der Waals surface area contributed by atoms with Crippen LogP contribution in [0.2, 0.25) is 0 Å². The Bertz CT molecular complexity index is 1230. The van der Waals surface area contributed by atoms with E-state index in [1.807, 2.05) is 48.5 Å². The van der Waals surface area contributed by atoms with Crippen LogP contribution in [0.4, 0.5) is 13.6 Å². The summed E-state index contributed by atoms with van der Waals surface area (Å²) in [7, 11) is 0. The van der Waals surface area contributed by atoms with Crippen LogP contribution >= 0.6 is 0 Å². The third kappa shape index (κ3) is 5.48. The summed E-state index contributed by atoms with van der Waals surface area (Å²) in [5, 5.41) is 11.9. The molecule has 0 spiro atoms. The van der Waals surface area contributed by atoms with Crippen molar-refractivity contribution in [2.24, 2.45) is 0 Å². The van der Waals surface area contributed by atoms with Crippen molar-refractivity contribution in [1.29, 1.82) is 0 Å². The predicted octanol–water partition coefficient (Wildman–Crippen LogP) is 5.68. The lowest BCUT2D eigenvalue weighted by Gasteiger charge is -2.22. The molecule has 6 nitrogen and oxygen atoms in total. The molecule has 188 valence electrons. The molecule has 1 amide bonds. The van der Waals surface area contributed by atoms with Crippen LogP contribution in [-0.4, -0.2) is 35.4 Å². The first-order valence-corrected chi connectivity index (χ1v) is 11.5. The number of carbonyl (C=O) groups excluding carboxylic acids is 1. The molecule has 0 aromatic heterocycles. The lowest BCUT2D eigenvalue weighted by Crippen LogP contribution is -2.43. The number of rotatable bonds is 7. The Balaban J connectivity index is 1.43. The molecule has 0 saturated heterocycles. The van der Waals surface area contributed by atoms with Crippen molar-refractivity contribution in [1.82, 2.24) is 5.32 Å². The third-order valence-electron chi connectivity index (χ3n) is 5.84. The van der Waals surface area contributed by atoms with Crippen LogP contribution in [0, 0.1) is 11.6 Å². The van der Waals surface area contributed by atoms with E-state index >= 15 is 0 Å². The van der Waals surface area contributed by atoms with E-state index in [2.05, 4.69) is 5.32 Å². The molecular formula is C28H27F2NO5. The number of halogens is 2. The second-order valence-corrected chi connectivity index (χ2v) is 9.67. The quantitative estimate of drug-likeness (QED) is 0.441. The molecule has 8 heteroatoms. The maximum Gasteiger partial charge on any atom is 0.407 e. The number of carboxylic acid groups (broad SMARTS) is 1. The van der Waals surface area contributed by atoms with Crippen molar-refractivity contribution < 1.29 is 33.0 Å². The number of ether oxygens (including phenoxy) is 2. The van der Waals surface area contributed by atoms with Crippen LogP contribution in [0.5, 0.6) is 5.75 Å². The maximum absolute atomic E-state index is 14.5. The monoisotopic (exact) mass is 495 g/mol. The highest BCUT2D eigenvalue weighted by Gasteiger charge is 2.30. The molecule has 1 aliphatic rings. The molecule has 3 aromatic rings. The Labute approximate surface area is 207 Å². The van der Waals surface area contributed by atoms with E-state index in [1.165, 1.54) is 0 Å². The van der Waals surface area contributed by atoms with Gasteiger partial charge in [-0.15, -0.1) is 0 Å². The average molecular weight is 496 g/mol. The smallest absolute Gasteiger partial charge is 0.407 e. The largest absolute Gasteiger partial charge is 0.482 e. The van der Waals surface area contributed by atoms with Gasteiger partial charge in [0.25, 0.3) is 0 Å². The maximum atomic E-state index is 14.5. The highest BCUT2D eigenvalue weighted by atomic mass is 19.1. The molecule has 0 heterocycles. The fourth-order valence-corrected chi connectivity index (χ4v) is 4.35. The minimum atomic E-state index is -1.45. The number of carboxylic acids is 1. The van der Waals surface area contributed by atoms with Gasteiger partial charge in [-0.3, -0.25) is 0 Å². The van der Waals surface area contributed by atoms with E-state index in [9.17, 15) is 23.5 Å². The summed E-state index contributed by atoms with van der Waals surface area (Å²) in [4.78, 5) is 24.3. The summed E-state index contributed by atoms with van der Waals surface area (Å²) in [5.41, 5.74) is 3.40. The highest BCUT2D eigenvalue weighted by Crippen LogP contribution is 2.44. The van der Waals surface area contributed by atoms with Gasteiger partial charge in [-0.25, -0.2) is 18.4 Å². The van der Waals surface area contributed by atoms with Crippen molar-refractivity contribution >= 4 is 12.1 Å². The number of alkyl carbamates (subject to hydrolysis) is 1. The number of amides is 1. The van der Waals surface area contributed by atoms with Crippen LogP contribution in [0.25, 0.3) is 11.1 Å². The van der Waals surface area contributed by atoms with Gasteiger partial charge >= 0.3 is 12.1 Å². The van der Waals surface area contributed by atoms with E-state index < -0.39 is 41.1 Å². The van der Waals surface area contributed by atoms with E-state index in [4.69, 9.17) is 9.47 Å². The van der Waals surface area contributed by atoms with E-state index in [0.29, 0.717) is 0 Å². The minimum Gasteiger partial charge on any atom is -0.482 e. The molecule has 2 N–H and O–H groups in total. The Morgan fingerprint density at radius 1 is 0.972 bits per heavy atom. The molecule has 1 atom stereocenters. The van der Waals surface area contributed by atoms with Gasteiger partial charge in [0.15, 0.2) is 17.4 Å². The first-order chi connectivity index (χ1) is 17.0. The summed E-state index contributed by atoms with van der Waals surface area (Å²) in [6, 6.07) is 16.2. The molecule has 0 unspecified atom stereocenters. The van der Waals surface area contributed by atoms with Crippen molar-refractivity contribution in [2.45, 2.75) is 44.8 Å². The van der Waals surface area contributed by atoms with Crippen molar-refractivity contribution in [2.75, 3.05) is 6.61 Å². The summed E-state index contributed by atoms with van der Waals surface area (Å²) in [6.45, 7) is 4.96. The van der Waals surface area contributed by atoms with Gasteiger partial charge < -0.3 is 19.9 Å². The topological polar surface area (TPSA) is 84.9 Å². The Hall–Kier alpha value is -3.94. The summed E-state index contributed by atoms with van der Waals surface area (Å²) in [5.74, 6) is -4.00. The van der Waals surface area contributed by atoms with Gasteiger partial charge in [-0.2, -0.15) is 0 Å². The summed E-state index contributed by atoms with van der Waals surface area (Å²) >= 11 is 0. The second-order valence-electron chi connectivity index (χ2n) is 9.67. The molecule has 0 fully saturated rings. The van der Waals surface area contributed by atoms with Gasteiger partial charge in [-0.05, 0) is 60.7 Å². The molecular weight excluding hydrogens is 468 g/mol. The van der Waals surface area contributed by atoms with Crippen molar-refractivity contribution in [3.05, 3.63) is 89.0 Å². The number of hydrogen-bond acceptors (Lipinski definition) is 4. The standard InChI is InChI=1S/C28H27F2NO5/c1-28(2,3)36-25-22(29)12-16(13-23(25)30)14-24(26(32)33)31-27(34)35-15-21-19-10-6-4-8-17(19)18-9-5-7-11-20(18)21/h4-13,21,24H,14-15H2,1-3H3,(H,31,34)(H,32,33)/t24-/m0/s1. The Kier molecular flexibility index (Phi) is 6.97. The van der Waals surface area contributed by atoms with E-state index in [0.717, 1.165) is 34.4 Å². The molecule has 4 rings (SSSR count). The van der Waals surface area contributed by atoms with Crippen LogP contribution in [-0.2, 0) is 16.0 Å². The fourth-order valence-electron chi connectivity index (χ4n) is 4.35. The molecule has 0 radical (unpaired) electrons. The number of fused-ring (bicyclic) bond motifs is 3. The molecule has 0 saturated carbocycles. The van der Waals surface area contributed by atoms with Gasteiger partial charge in [0.05, 0.1) is 0 Å². The zero-order valence-corrected chi connectivity index (χ0v) is 20.2. The zero-order valence-electron chi connectivity index (χ0n) is 20.2. The molecule has 0 bridgehead atoms. The number of carbonyl (C=O) groups is 2. The summed E-state index contributed by atoms with van der Waals surface area (Å²) < 4.78 is 39.6. The third-order valence-corrected chi connectivity index (χ3v) is 5.84. The van der Waals surface area contributed by atoms with Crippen LogP contribution in [0.3, 0.4) is 0 Å². The van der Waals surface area contributed by atoms with Gasteiger partial charge in [0.2, 0.25) is 0 Å². The van der Waals surface area contributed by atoms with Gasteiger partial charge in [0.1, 0.15) is 18.2 Å². The lowest BCUT2D eigenvalue weighted by atomic mass is 9.98. The fraction of sp³-hybridized carbons (Fsp3) is 0.286. The molecule has 3 aromatic carbocycles. The van der Waals surface area contributed by atoms with Gasteiger partial charge in [-0.1, -0.05) is 48.5 Å². The van der Waals surface area contributed by atoms with Gasteiger partial charge in [0, 0.05) is 12.3 Å². The Morgan fingerprint density at radius 2 is 1.50 bits per heavy atom. The summed E-state index contributed by atoms with van der Waals surface area (Å²) in [6.07, 6.45) is -1.28. The van der Waals surface area contributed by atoms with E-state index in [1.54, 1.807) is 20.8 Å². The minimum absolute atomic E-state index is 0.00823. The number of nitrogens with one attached hydrogen (secondary N) is 1. The van der Waals surface area contributed by atoms with E-state index in [-0.39, 0.29) is 24.5 Å². The van der Waals surface area contributed by atoms with Crippen LogP contribution < -0.4 is 10.1 Å². The highest BCUT2D eigenvalue weighted by molar-refractivity contribution is 5.81. The lowest BCUT2D eigenvalue weighted by molar-refractivity contribution is -0.139. The average Bonchev–Trinajstić information content (AvgIpc) is 3.13. The van der Waals surface area contributed by atoms with Crippen LogP contribution in [0.15, 0.2) is 60.7 Å². The zero-order chi connectivity index (χ0) is 26.0. The second kappa shape index (κ2) is 9.97. The Morgan fingerprint density at radius 3 is 2.00 bits per heavy atom. The first-order valence-electron chi connectivity index (χ1n) is 11.5. The first kappa shape index (κ1) is 25.2. The number of aliphatic carboxylic acids is 1.